The highest BCUT2D eigenvalue weighted by molar-refractivity contribution is 5.84. The highest BCUT2D eigenvalue weighted by atomic mass is 16.6. The molecule has 1 aromatic heterocycles. The molecule has 2 aliphatic heterocycles. The van der Waals surface area contributed by atoms with Crippen molar-refractivity contribution >= 4 is 23.1 Å². The Hall–Kier alpha value is -3.03. The maximum Gasteiger partial charge on any atom is 0.410 e. The summed E-state index contributed by atoms with van der Waals surface area (Å²) in [5.74, 6) is 0.734. The Balaban J connectivity index is 1.44. The summed E-state index contributed by atoms with van der Waals surface area (Å²) in [4.78, 5) is 32.9. The first-order valence-corrected chi connectivity index (χ1v) is 10.6. The number of carbonyl (C=O) groups excluding carboxylic acids is 2. The van der Waals surface area contributed by atoms with E-state index in [1.54, 1.807) is 23.1 Å². The zero-order valence-electron chi connectivity index (χ0n) is 18.5. The molecular formula is C23H29N3O5. The van der Waals surface area contributed by atoms with Crippen LogP contribution in [0.5, 0.6) is 5.75 Å². The van der Waals surface area contributed by atoms with Gasteiger partial charge in [0.1, 0.15) is 17.5 Å². The van der Waals surface area contributed by atoms with Gasteiger partial charge in [0.25, 0.3) is 0 Å². The Morgan fingerprint density at radius 1 is 1.19 bits per heavy atom. The van der Waals surface area contributed by atoms with Crippen molar-refractivity contribution in [3.05, 3.63) is 36.0 Å². The molecule has 1 aromatic carbocycles. The minimum Gasteiger partial charge on any atom is -0.497 e. The molecule has 31 heavy (non-hydrogen) atoms. The summed E-state index contributed by atoms with van der Waals surface area (Å²) in [5, 5.41) is 0.918. The van der Waals surface area contributed by atoms with Crippen molar-refractivity contribution in [2.24, 2.45) is 0 Å². The Labute approximate surface area is 182 Å². The Kier molecular flexibility index (Phi) is 5.64. The number of pyridine rings is 1. The minimum absolute atomic E-state index is 0.0406. The summed E-state index contributed by atoms with van der Waals surface area (Å²) < 4.78 is 16.6. The summed E-state index contributed by atoms with van der Waals surface area (Å²) in [6.07, 6.45) is 2.16. The van der Waals surface area contributed by atoms with E-state index in [1.165, 1.54) is 0 Å². The Bertz CT molecular complexity index is 979. The molecule has 2 saturated heterocycles. The molecule has 0 aliphatic carbocycles. The van der Waals surface area contributed by atoms with Crippen LogP contribution in [0.4, 0.5) is 9.59 Å². The van der Waals surface area contributed by atoms with Gasteiger partial charge in [0.15, 0.2) is 0 Å². The van der Waals surface area contributed by atoms with Crippen molar-refractivity contribution in [2.45, 2.75) is 51.4 Å². The first-order valence-electron chi connectivity index (χ1n) is 10.6. The molecule has 3 heterocycles. The van der Waals surface area contributed by atoms with Gasteiger partial charge < -0.3 is 24.0 Å². The summed E-state index contributed by atoms with van der Waals surface area (Å²) in [5.41, 5.74) is 1.24. The third-order valence-electron chi connectivity index (χ3n) is 5.73. The van der Waals surface area contributed by atoms with E-state index in [9.17, 15) is 9.59 Å². The second-order valence-corrected chi connectivity index (χ2v) is 9.01. The molecule has 1 atom stereocenters. The van der Waals surface area contributed by atoms with Crippen molar-refractivity contribution in [3.8, 4) is 5.75 Å². The fourth-order valence-corrected chi connectivity index (χ4v) is 4.18. The van der Waals surface area contributed by atoms with Crippen molar-refractivity contribution < 1.29 is 23.8 Å². The first-order chi connectivity index (χ1) is 14.7. The SMILES string of the molecule is COc1ccc2nccc([C@H]3CN(C4CCN(C(=O)OC(C)(C)C)CC4)C(=O)O3)c2c1. The molecular weight excluding hydrogens is 398 g/mol. The molecule has 0 saturated carbocycles. The van der Waals surface area contributed by atoms with Gasteiger partial charge in [0.05, 0.1) is 19.2 Å². The molecule has 0 radical (unpaired) electrons. The van der Waals surface area contributed by atoms with Gasteiger partial charge in [-0.1, -0.05) is 0 Å². The number of ether oxygens (including phenoxy) is 3. The number of likely N-dealkylation sites (tertiary alicyclic amines) is 1. The molecule has 2 amide bonds. The number of methoxy groups -OCH3 is 1. The molecule has 4 rings (SSSR count). The van der Waals surface area contributed by atoms with Crippen LogP contribution in [-0.2, 0) is 9.47 Å². The van der Waals surface area contributed by atoms with Gasteiger partial charge in [-0.25, -0.2) is 9.59 Å². The Morgan fingerprint density at radius 2 is 1.94 bits per heavy atom. The van der Waals surface area contributed by atoms with Crippen LogP contribution in [0.1, 0.15) is 45.3 Å². The fraction of sp³-hybridized carbons (Fsp3) is 0.522. The van der Waals surface area contributed by atoms with Crippen LogP contribution in [0.2, 0.25) is 0 Å². The molecule has 8 nitrogen and oxygen atoms in total. The van der Waals surface area contributed by atoms with Gasteiger partial charge in [-0.05, 0) is 57.9 Å². The van der Waals surface area contributed by atoms with E-state index in [1.807, 2.05) is 45.0 Å². The smallest absolute Gasteiger partial charge is 0.410 e. The topological polar surface area (TPSA) is 81.2 Å². The number of fused-ring (bicyclic) bond motifs is 1. The normalized spacial score (nSPS) is 20.1. The number of amides is 2. The number of piperidine rings is 1. The molecule has 166 valence electrons. The van der Waals surface area contributed by atoms with E-state index in [-0.39, 0.29) is 24.3 Å². The Morgan fingerprint density at radius 3 is 2.61 bits per heavy atom. The number of benzene rings is 1. The average Bonchev–Trinajstić information content (AvgIpc) is 3.13. The third kappa shape index (κ3) is 4.52. The van der Waals surface area contributed by atoms with E-state index in [4.69, 9.17) is 14.2 Å². The van der Waals surface area contributed by atoms with Gasteiger partial charge in [-0.15, -0.1) is 0 Å². The highest BCUT2D eigenvalue weighted by Crippen LogP contribution is 2.34. The quantitative estimate of drug-likeness (QED) is 0.732. The second-order valence-electron chi connectivity index (χ2n) is 9.01. The summed E-state index contributed by atoms with van der Waals surface area (Å²) >= 11 is 0. The van der Waals surface area contributed by atoms with Crippen molar-refractivity contribution in [3.63, 3.8) is 0 Å². The lowest BCUT2D eigenvalue weighted by molar-refractivity contribution is 0.0168. The maximum atomic E-state index is 12.7. The van der Waals surface area contributed by atoms with Crippen LogP contribution in [0.15, 0.2) is 30.5 Å². The van der Waals surface area contributed by atoms with Gasteiger partial charge in [0, 0.05) is 36.3 Å². The molecule has 0 N–H and O–H groups in total. The van der Waals surface area contributed by atoms with E-state index in [0.717, 1.165) is 22.2 Å². The van der Waals surface area contributed by atoms with Crippen molar-refractivity contribution in [2.75, 3.05) is 26.7 Å². The second kappa shape index (κ2) is 8.24. The monoisotopic (exact) mass is 427 g/mol. The predicted octanol–water partition coefficient (Wildman–Crippen LogP) is 4.14. The lowest BCUT2D eigenvalue weighted by Crippen LogP contribution is -2.48. The summed E-state index contributed by atoms with van der Waals surface area (Å²) in [6.45, 7) is 7.17. The van der Waals surface area contributed by atoms with Crippen LogP contribution < -0.4 is 4.74 Å². The highest BCUT2D eigenvalue weighted by Gasteiger charge is 2.39. The molecule has 2 aromatic rings. The summed E-state index contributed by atoms with van der Waals surface area (Å²) in [7, 11) is 1.62. The average molecular weight is 428 g/mol. The number of rotatable bonds is 3. The van der Waals surface area contributed by atoms with Gasteiger partial charge in [-0.2, -0.15) is 0 Å². The number of nitrogens with zero attached hydrogens (tertiary/aromatic N) is 3. The fourth-order valence-electron chi connectivity index (χ4n) is 4.18. The van der Waals surface area contributed by atoms with E-state index < -0.39 is 5.60 Å². The zero-order valence-corrected chi connectivity index (χ0v) is 18.5. The molecule has 0 unspecified atom stereocenters. The number of aromatic nitrogens is 1. The number of hydrogen-bond acceptors (Lipinski definition) is 6. The van der Waals surface area contributed by atoms with Crippen molar-refractivity contribution in [1.29, 1.82) is 0 Å². The van der Waals surface area contributed by atoms with Gasteiger partial charge in [0.2, 0.25) is 0 Å². The zero-order chi connectivity index (χ0) is 22.2. The van der Waals surface area contributed by atoms with Crippen LogP contribution in [0, 0.1) is 0 Å². The van der Waals surface area contributed by atoms with E-state index >= 15 is 0 Å². The van der Waals surface area contributed by atoms with Gasteiger partial charge in [-0.3, -0.25) is 4.98 Å². The van der Waals surface area contributed by atoms with E-state index in [0.29, 0.717) is 32.5 Å². The number of carbonyl (C=O) groups is 2. The van der Waals surface area contributed by atoms with Crippen LogP contribution in [-0.4, -0.2) is 65.4 Å². The molecule has 8 heteroatoms. The molecule has 2 fully saturated rings. The summed E-state index contributed by atoms with van der Waals surface area (Å²) in [6, 6.07) is 7.63. The lowest BCUT2D eigenvalue weighted by Gasteiger charge is -2.36. The lowest BCUT2D eigenvalue weighted by atomic mass is 10.0. The standard InChI is InChI=1S/C23H29N3O5/c1-23(2,3)31-21(27)25-11-8-15(9-12-25)26-14-20(30-22(26)28)17-7-10-24-19-6-5-16(29-4)13-18(17)19/h5-7,10,13,15,20H,8-9,11-12,14H2,1-4H3/t20-/m1/s1. The largest absolute Gasteiger partial charge is 0.497 e. The molecule has 0 bridgehead atoms. The minimum atomic E-state index is -0.518. The van der Waals surface area contributed by atoms with Crippen LogP contribution in [0.25, 0.3) is 10.9 Å². The van der Waals surface area contributed by atoms with E-state index in [2.05, 4.69) is 4.98 Å². The first kappa shape index (κ1) is 21.2. The van der Waals surface area contributed by atoms with Gasteiger partial charge >= 0.3 is 12.2 Å². The van der Waals surface area contributed by atoms with Crippen molar-refractivity contribution in [1.82, 2.24) is 14.8 Å². The van der Waals surface area contributed by atoms with Crippen LogP contribution in [0.3, 0.4) is 0 Å². The third-order valence-corrected chi connectivity index (χ3v) is 5.73. The van der Waals surface area contributed by atoms with Crippen LogP contribution >= 0.6 is 0 Å². The molecule has 0 spiro atoms. The number of cyclic esters (lactones) is 1. The predicted molar refractivity (Wildman–Crippen MR) is 115 cm³/mol. The maximum absolute atomic E-state index is 12.7. The molecule has 2 aliphatic rings. The number of hydrogen-bond donors (Lipinski definition) is 0.